The fourth-order valence-electron chi connectivity index (χ4n) is 0.780. The summed E-state index contributed by atoms with van der Waals surface area (Å²) in [5.41, 5.74) is 1.97. The number of rotatable bonds is 2. The third-order valence-electron chi connectivity index (χ3n) is 1.37. The van der Waals surface area contributed by atoms with Crippen LogP contribution in [0.5, 0.6) is 0 Å². The summed E-state index contributed by atoms with van der Waals surface area (Å²) in [5.74, 6) is 0. The number of nitrogens with zero attached hydrogens (tertiary/aromatic N) is 1. The molecule has 0 aliphatic carbocycles. The highest BCUT2D eigenvalue weighted by Crippen LogP contribution is 1.98. The maximum atomic E-state index is 6.96. The average Bonchev–Trinajstić information content (AvgIpc) is 2.05. The first-order chi connectivity index (χ1) is 4.86. The second-order valence-corrected chi connectivity index (χ2v) is 2.08. The van der Waals surface area contributed by atoms with Crippen molar-refractivity contribution in [3.8, 4) is 0 Å². The van der Waals surface area contributed by atoms with Crippen molar-refractivity contribution in [2.24, 2.45) is 0 Å². The molecular weight excluding hydrogens is 124 g/mol. The Hall–Kier alpha value is -1.18. The molecule has 0 aromatic carbocycles. The third-order valence-corrected chi connectivity index (χ3v) is 1.37. The number of aromatic nitrogens is 1. The molecule has 1 aromatic rings. The summed E-state index contributed by atoms with van der Waals surface area (Å²) in [4.78, 5) is 4.10. The Morgan fingerprint density at radius 2 is 2.50 bits per heavy atom. The van der Waals surface area contributed by atoms with Crippen LogP contribution in [-0.2, 0) is 6.42 Å². The molecule has 0 saturated carbocycles. The normalized spacial score (nSPS) is 9.30. The molecule has 2 nitrogen and oxygen atoms in total. The minimum absolute atomic E-state index is 0.923. The Labute approximate surface area is 60.4 Å². The first-order valence-electron chi connectivity index (χ1n) is 3.32. The molecule has 0 aliphatic heterocycles. The molecule has 0 atom stereocenters. The van der Waals surface area contributed by atoms with Crippen molar-refractivity contribution >= 4 is 6.21 Å². The van der Waals surface area contributed by atoms with Gasteiger partial charge in [-0.2, -0.15) is 0 Å². The molecule has 1 rings (SSSR count). The van der Waals surface area contributed by atoms with Crippen molar-refractivity contribution < 1.29 is 0 Å². The van der Waals surface area contributed by atoms with E-state index >= 15 is 0 Å². The van der Waals surface area contributed by atoms with Crippen LogP contribution in [-0.4, -0.2) is 11.2 Å². The Morgan fingerprint density at radius 3 is 3.10 bits per heavy atom. The van der Waals surface area contributed by atoms with Gasteiger partial charge in [-0.1, -0.05) is 6.92 Å². The first kappa shape index (κ1) is 6.93. The summed E-state index contributed by atoms with van der Waals surface area (Å²) in [6, 6.07) is 3.75. The Morgan fingerprint density at radius 1 is 1.70 bits per heavy atom. The van der Waals surface area contributed by atoms with Crippen LogP contribution in [0.4, 0.5) is 0 Å². The molecule has 0 spiro atoms. The lowest BCUT2D eigenvalue weighted by Crippen LogP contribution is -1.88. The molecule has 2 heteroatoms. The molecular formula is C8H10N2. The van der Waals surface area contributed by atoms with E-state index in [1.807, 2.05) is 12.1 Å². The van der Waals surface area contributed by atoms with Crippen molar-refractivity contribution in [3.63, 3.8) is 0 Å². The molecule has 0 aliphatic rings. The topological polar surface area (TPSA) is 36.7 Å². The van der Waals surface area contributed by atoms with Gasteiger partial charge in [-0.05, 0) is 24.1 Å². The standard InChI is InChI=1S/C8H10N2/c1-2-8-5-7(6-9)3-4-10-8/h3-6,9H,2H2,1H3. The second-order valence-electron chi connectivity index (χ2n) is 2.08. The molecule has 1 heterocycles. The van der Waals surface area contributed by atoms with E-state index < -0.39 is 0 Å². The van der Waals surface area contributed by atoms with Crippen molar-refractivity contribution in [2.45, 2.75) is 13.3 Å². The van der Waals surface area contributed by atoms with Gasteiger partial charge in [0, 0.05) is 18.1 Å². The minimum Gasteiger partial charge on any atom is -0.308 e. The van der Waals surface area contributed by atoms with E-state index in [4.69, 9.17) is 5.41 Å². The number of hydrogen-bond acceptors (Lipinski definition) is 2. The molecule has 52 valence electrons. The van der Waals surface area contributed by atoms with E-state index in [-0.39, 0.29) is 0 Å². The molecule has 0 unspecified atom stereocenters. The van der Waals surface area contributed by atoms with Crippen molar-refractivity contribution in [3.05, 3.63) is 29.6 Å². The summed E-state index contributed by atoms with van der Waals surface area (Å²) in [6.45, 7) is 2.05. The molecule has 1 aromatic heterocycles. The van der Waals surface area contributed by atoms with Gasteiger partial charge in [0.15, 0.2) is 0 Å². The number of aryl methyl sites for hydroxylation is 1. The molecule has 0 amide bonds. The van der Waals surface area contributed by atoms with Crippen LogP contribution in [0.3, 0.4) is 0 Å². The van der Waals surface area contributed by atoms with Gasteiger partial charge in [0.1, 0.15) is 0 Å². The van der Waals surface area contributed by atoms with Gasteiger partial charge < -0.3 is 5.41 Å². The van der Waals surface area contributed by atoms with Crippen LogP contribution >= 0.6 is 0 Å². The van der Waals surface area contributed by atoms with Gasteiger partial charge in [-0.3, -0.25) is 4.98 Å². The summed E-state index contributed by atoms with van der Waals surface area (Å²) >= 11 is 0. The number of hydrogen-bond donors (Lipinski definition) is 1. The Bertz CT molecular complexity index is 230. The largest absolute Gasteiger partial charge is 0.308 e. The van der Waals surface area contributed by atoms with E-state index in [0.29, 0.717) is 0 Å². The average molecular weight is 134 g/mol. The van der Waals surface area contributed by atoms with Crippen LogP contribution in [0.15, 0.2) is 18.3 Å². The summed E-state index contributed by atoms with van der Waals surface area (Å²) in [6.07, 6.45) is 4.00. The van der Waals surface area contributed by atoms with Gasteiger partial charge >= 0.3 is 0 Å². The number of nitrogens with one attached hydrogen (secondary N) is 1. The fraction of sp³-hybridized carbons (Fsp3) is 0.250. The smallest absolute Gasteiger partial charge is 0.0407 e. The maximum Gasteiger partial charge on any atom is 0.0407 e. The van der Waals surface area contributed by atoms with Crippen LogP contribution in [0.1, 0.15) is 18.2 Å². The van der Waals surface area contributed by atoms with Crippen LogP contribution in [0, 0.1) is 5.41 Å². The highest BCUT2D eigenvalue weighted by molar-refractivity contribution is 5.76. The lowest BCUT2D eigenvalue weighted by atomic mass is 10.2. The minimum atomic E-state index is 0.923. The molecule has 0 saturated heterocycles. The lowest BCUT2D eigenvalue weighted by molar-refractivity contribution is 1.03. The van der Waals surface area contributed by atoms with Gasteiger partial charge in [0.05, 0.1) is 0 Å². The van der Waals surface area contributed by atoms with Crippen LogP contribution in [0.25, 0.3) is 0 Å². The molecule has 10 heavy (non-hydrogen) atoms. The van der Waals surface area contributed by atoms with Crippen molar-refractivity contribution in [1.82, 2.24) is 4.98 Å². The zero-order chi connectivity index (χ0) is 7.40. The first-order valence-corrected chi connectivity index (χ1v) is 3.32. The Balaban J connectivity index is 2.98. The Kier molecular flexibility index (Phi) is 2.15. The summed E-state index contributed by atoms with van der Waals surface area (Å²) < 4.78 is 0. The SMILES string of the molecule is CCc1cc(C=N)ccn1. The summed E-state index contributed by atoms with van der Waals surface area (Å²) in [7, 11) is 0. The van der Waals surface area contributed by atoms with Gasteiger partial charge in [-0.15, -0.1) is 0 Å². The molecule has 0 radical (unpaired) electrons. The third kappa shape index (κ3) is 1.41. The zero-order valence-electron chi connectivity index (χ0n) is 5.96. The fourth-order valence-corrected chi connectivity index (χ4v) is 0.780. The van der Waals surface area contributed by atoms with Crippen molar-refractivity contribution in [1.29, 1.82) is 5.41 Å². The maximum absolute atomic E-state index is 6.96. The van der Waals surface area contributed by atoms with E-state index in [2.05, 4.69) is 11.9 Å². The monoisotopic (exact) mass is 134 g/mol. The van der Waals surface area contributed by atoms with E-state index in [1.54, 1.807) is 6.20 Å². The molecule has 0 fully saturated rings. The van der Waals surface area contributed by atoms with Gasteiger partial charge in [0.25, 0.3) is 0 Å². The zero-order valence-corrected chi connectivity index (χ0v) is 5.96. The second kappa shape index (κ2) is 3.11. The van der Waals surface area contributed by atoms with Crippen LogP contribution in [0.2, 0.25) is 0 Å². The van der Waals surface area contributed by atoms with E-state index in [0.717, 1.165) is 17.7 Å². The number of pyridine rings is 1. The van der Waals surface area contributed by atoms with Gasteiger partial charge in [0.2, 0.25) is 0 Å². The quantitative estimate of drug-likeness (QED) is 0.613. The predicted molar refractivity (Wildman–Crippen MR) is 41.5 cm³/mol. The van der Waals surface area contributed by atoms with Gasteiger partial charge in [-0.25, -0.2) is 0 Å². The highest BCUT2D eigenvalue weighted by atomic mass is 14.7. The molecule has 1 N–H and O–H groups in total. The van der Waals surface area contributed by atoms with Crippen molar-refractivity contribution in [2.75, 3.05) is 0 Å². The van der Waals surface area contributed by atoms with E-state index in [9.17, 15) is 0 Å². The van der Waals surface area contributed by atoms with E-state index in [1.165, 1.54) is 6.21 Å². The molecule has 0 bridgehead atoms. The lowest BCUT2D eigenvalue weighted by Gasteiger charge is -1.94. The predicted octanol–water partition coefficient (Wildman–Crippen LogP) is 1.64. The highest BCUT2D eigenvalue weighted by Gasteiger charge is 1.89. The van der Waals surface area contributed by atoms with Crippen LogP contribution < -0.4 is 0 Å². The summed E-state index contributed by atoms with van der Waals surface area (Å²) in [5, 5.41) is 6.96.